The zero-order valence-electron chi connectivity index (χ0n) is 12.4. The van der Waals surface area contributed by atoms with E-state index in [1.54, 1.807) is 30.3 Å². The molecule has 0 spiro atoms. The summed E-state index contributed by atoms with van der Waals surface area (Å²) in [7, 11) is 0. The van der Waals surface area contributed by atoms with Gasteiger partial charge in [-0.25, -0.2) is 0 Å². The maximum Gasteiger partial charge on any atom is 0.429 e. The minimum Gasteiger partial charge on any atom is -0.441 e. The van der Waals surface area contributed by atoms with Gasteiger partial charge in [0.15, 0.2) is 5.60 Å². The van der Waals surface area contributed by atoms with E-state index in [1.165, 1.54) is 0 Å². The molecule has 2 rings (SSSR count). The molecule has 1 aliphatic rings. The fourth-order valence-electron chi connectivity index (χ4n) is 2.82. The van der Waals surface area contributed by atoms with Crippen LogP contribution in [0.3, 0.4) is 0 Å². The second-order valence-electron chi connectivity index (χ2n) is 5.46. The van der Waals surface area contributed by atoms with Crippen molar-refractivity contribution in [3.8, 4) is 0 Å². The van der Waals surface area contributed by atoms with E-state index in [0.717, 1.165) is 19.3 Å². The van der Waals surface area contributed by atoms with Crippen molar-refractivity contribution in [1.82, 2.24) is 0 Å². The van der Waals surface area contributed by atoms with Gasteiger partial charge in [0.1, 0.15) is 0 Å². The number of benzene rings is 1. The van der Waals surface area contributed by atoms with Crippen molar-refractivity contribution in [1.29, 1.82) is 0 Å². The molecule has 22 heavy (non-hydrogen) atoms. The molecule has 0 unspecified atom stereocenters. The maximum absolute atomic E-state index is 13.4. The molecule has 1 aliphatic heterocycles. The summed E-state index contributed by atoms with van der Waals surface area (Å²) in [6.07, 6.45) is -2.91. The first kappa shape index (κ1) is 17.1. The quantitative estimate of drug-likeness (QED) is 0.532. The second kappa shape index (κ2) is 6.86. The van der Waals surface area contributed by atoms with Crippen LogP contribution in [0.2, 0.25) is 0 Å². The number of alkyl halides is 3. The van der Waals surface area contributed by atoms with Crippen LogP contribution in [-0.2, 0) is 15.1 Å². The van der Waals surface area contributed by atoms with E-state index in [-0.39, 0.29) is 6.42 Å². The lowest BCUT2D eigenvalue weighted by atomic mass is 9.83. The number of ether oxygens (including phenoxy) is 2. The lowest BCUT2D eigenvalue weighted by Crippen LogP contribution is -2.46. The first-order chi connectivity index (χ1) is 10.4. The first-order valence-electron chi connectivity index (χ1n) is 7.42. The molecule has 0 aromatic heterocycles. The molecule has 2 atom stereocenters. The van der Waals surface area contributed by atoms with Gasteiger partial charge in [-0.3, -0.25) is 0 Å². The minimum absolute atomic E-state index is 0.224. The Balaban J connectivity index is 2.34. The summed E-state index contributed by atoms with van der Waals surface area (Å²) in [6.45, 7) is 2.05. The number of hydrogen-bond donors (Lipinski definition) is 0. The summed E-state index contributed by atoms with van der Waals surface area (Å²) in [5.74, 6) is 0. The monoisotopic (exact) mass is 332 g/mol. The molecule has 1 aromatic carbocycles. The zero-order chi connectivity index (χ0) is 16.2. The second-order valence-corrected chi connectivity index (χ2v) is 5.79. The number of rotatable bonds is 6. The SMILES string of the molecule is CCCCCC[C@@]1(c2ccccc2)OC(=S)O[C@H]1C(F)(F)F. The Morgan fingerprint density at radius 2 is 1.82 bits per heavy atom. The molecule has 0 bridgehead atoms. The summed E-state index contributed by atoms with van der Waals surface area (Å²) in [5, 5.41) is -0.429. The van der Waals surface area contributed by atoms with Crippen LogP contribution in [-0.4, -0.2) is 17.5 Å². The minimum atomic E-state index is -4.54. The number of thiocarbonyl (C=S) groups is 1. The third-order valence-corrected chi connectivity index (χ3v) is 4.04. The molecule has 6 heteroatoms. The Morgan fingerprint density at radius 1 is 1.14 bits per heavy atom. The van der Waals surface area contributed by atoms with E-state index in [0.29, 0.717) is 12.0 Å². The van der Waals surface area contributed by atoms with Crippen LogP contribution in [0.5, 0.6) is 0 Å². The molecule has 1 fully saturated rings. The van der Waals surface area contributed by atoms with Crippen molar-refractivity contribution in [2.24, 2.45) is 0 Å². The molecule has 2 nitrogen and oxygen atoms in total. The Morgan fingerprint density at radius 3 is 2.41 bits per heavy atom. The van der Waals surface area contributed by atoms with Crippen molar-refractivity contribution in [2.75, 3.05) is 0 Å². The molecule has 1 heterocycles. The summed E-state index contributed by atoms with van der Waals surface area (Å²) in [5.41, 5.74) is -1.13. The maximum atomic E-state index is 13.4. The van der Waals surface area contributed by atoms with Crippen LogP contribution in [0.1, 0.15) is 44.6 Å². The van der Waals surface area contributed by atoms with E-state index >= 15 is 0 Å². The first-order valence-corrected chi connectivity index (χ1v) is 7.83. The molecular weight excluding hydrogens is 313 g/mol. The van der Waals surface area contributed by atoms with Crippen molar-refractivity contribution in [3.63, 3.8) is 0 Å². The van der Waals surface area contributed by atoms with Gasteiger partial charge >= 0.3 is 11.4 Å². The standard InChI is InChI=1S/C16H19F3O2S/c1-2-3-4-8-11-15(12-9-6-5-7-10-12)13(16(17,18)19)20-14(22)21-15/h5-7,9-10,13H,2-4,8,11H2,1H3/t13-,15+/m1/s1. The molecule has 0 aliphatic carbocycles. The Kier molecular flexibility index (Phi) is 5.32. The molecule has 122 valence electrons. The fraction of sp³-hybridized carbons (Fsp3) is 0.562. The largest absolute Gasteiger partial charge is 0.441 e. The van der Waals surface area contributed by atoms with Gasteiger partial charge in [-0.15, -0.1) is 0 Å². The summed E-state index contributed by atoms with van der Waals surface area (Å²) in [4.78, 5) is 0. The lowest BCUT2D eigenvalue weighted by Gasteiger charge is -2.32. The third-order valence-electron chi connectivity index (χ3n) is 3.86. The van der Waals surface area contributed by atoms with Crippen LogP contribution in [0.4, 0.5) is 13.2 Å². The van der Waals surface area contributed by atoms with E-state index in [9.17, 15) is 13.2 Å². The summed E-state index contributed by atoms with van der Waals surface area (Å²) < 4.78 is 50.6. The predicted molar refractivity (Wildman–Crippen MR) is 81.5 cm³/mol. The highest BCUT2D eigenvalue weighted by atomic mass is 32.1. The highest BCUT2D eigenvalue weighted by Gasteiger charge is 2.62. The van der Waals surface area contributed by atoms with Gasteiger partial charge in [-0.1, -0.05) is 56.5 Å². The van der Waals surface area contributed by atoms with Gasteiger partial charge < -0.3 is 9.47 Å². The molecule has 0 amide bonds. The number of hydrogen-bond acceptors (Lipinski definition) is 3. The third kappa shape index (κ3) is 3.54. The fourth-order valence-corrected chi connectivity index (χ4v) is 3.07. The molecule has 1 aromatic rings. The number of unbranched alkanes of at least 4 members (excludes halogenated alkanes) is 3. The lowest BCUT2D eigenvalue weighted by molar-refractivity contribution is -0.224. The predicted octanol–water partition coefficient (Wildman–Crippen LogP) is 5.11. The van der Waals surface area contributed by atoms with Crippen molar-refractivity contribution in [2.45, 2.75) is 56.9 Å². The summed E-state index contributed by atoms with van der Waals surface area (Å²) >= 11 is 4.77. The highest BCUT2D eigenvalue weighted by Crippen LogP contribution is 2.47. The summed E-state index contributed by atoms with van der Waals surface area (Å²) in [6, 6.07) is 8.42. The van der Waals surface area contributed by atoms with Gasteiger partial charge in [0.25, 0.3) is 0 Å². The van der Waals surface area contributed by atoms with E-state index in [1.807, 2.05) is 0 Å². The Bertz CT molecular complexity index is 504. The topological polar surface area (TPSA) is 18.5 Å². The van der Waals surface area contributed by atoms with Crippen LogP contribution in [0.25, 0.3) is 0 Å². The van der Waals surface area contributed by atoms with E-state index < -0.39 is 23.1 Å². The molecule has 1 saturated heterocycles. The Hall–Kier alpha value is -1.30. The van der Waals surface area contributed by atoms with Crippen molar-refractivity contribution in [3.05, 3.63) is 35.9 Å². The van der Waals surface area contributed by atoms with Crippen LogP contribution < -0.4 is 0 Å². The van der Waals surface area contributed by atoms with E-state index in [2.05, 4.69) is 6.92 Å². The average Bonchev–Trinajstić information content (AvgIpc) is 2.83. The van der Waals surface area contributed by atoms with Gasteiger partial charge in [0.05, 0.1) is 0 Å². The van der Waals surface area contributed by atoms with Gasteiger partial charge in [-0.05, 0) is 18.4 Å². The highest BCUT2D eigenvalue weighted by molar-refractivity contribution is 7.79. The van der Waals surface area contributed by atoms with E-state index in [4.69, 9.17) is 21.7 Å². The molecule has 0 saturated carbocycles. The van der Waals surface area contributed by atoms with Crippen molar-refractivity contribution >= 4 is 17.5 Å². The molecule has 0 radical (unpaired) electrons. The van der Waals surface area contributed by atoms with Gasteiger partial charge in [0.2, 0.25) is 6.10 Å². The van der Waals surface area contributed by atoms with Crippen LogP contribution >= 0.6 is 12.2 Å². The number of halogens is 3. The van der Waals surface area contributed by atoms with Gasteiger partial charge in [-0.2, -0.15) is 13.2 Å². The average molecular weight is 332 g/mol. The molecular formula is C16H19F3O2S. The zero-order valence-corrected chi connectivity index (χ0v) is 13.2. The molecule has 0 N–H and O–H groups in total. The van der Waals surface area contributed by atoms with Crippen molar-refractivity contribution < 1.29 is 22.6 Å². The van der Waals surface area contributed by atoms with Crippen LogP contribution in [0.15, 0.2) is 30.3 Å². The smallest absolute Gasteiger partial charge is 0.429 e. The Labute approximate surface area is 133 Å². The van der Waals surface area contributed by atoms with Gasteiger partial charge in [0, 0.05) is 12.2 Å². The normalized spacial score (nSPS) is 24.9. The van der Waals surface area contributed by atoms with Crippen LogP contribution in [0, 0.1) is 0 Å².